The number of nitrogens with one attached hydrogen (secondary N) is 2. The van der Waals surface area contributed by atoms with Crippen LogP contribution < -0.4 is 10.6 Å². The van der Waals surface area contributed by atoms with E-state index in [-0.39, 0.29) is 6.03 Å². The quantitative estimate of drug-likeness (QED) is 0.681. The number of amides is 2. The van der Waals surface area contributed by atoms with E-state index in [0.29, 0.717) is 25.9 Å². The first-order valence-corrected chi connectivity index (χ1v) is 8.36. The van der Waals surface area contributed by atoms with E-state index in [2.05, 4.69) is 10.6 Å². The van der Waals surface area contributed by atoms with Crippen molar-refractivity contribution in [3.05, 3.63) is 0 Å². The molecule has 0 aromatic rings. The summed E-state index contributed by atoms with van der Waals surface area (Å²) in [5.74, 6) is -0.908. The van der Waals surface area contributed by atoms with Crippen molar-refractivity contribution in [1.29, 1.82) is 0 Å². The molecular formula is C16H34N4O3. The molecule has 0 atom stereocenters. The number of nitrogens with zero attached hydrogens (tertiary/aromatic N) is 2. The van der Waals surface area contributed by atoms with Crippen LogP contribution in [0.3, 0.4) is 0 Å². The predicted molar refractivity (Wildman–Crippen MR) is 92.8 cm³/mol. The van der Waals surface area contributed by atoms with Crippen molar-refractivity contribution in [2.45, 2.75) is 44.6 Å². The summed E-state index contributed by atoms with van der Waals surface area (Å²) in [6.45, 7) is 3.85. The van der Waals surface area contributed by atoms with E-state index < -0.39 is 11.5 Å². The van der Waals surface area contributed by atoms with E-state index in [1.54, 1.807) is 4.90 Å². The van der Waals surface area contributed by atoms with Gasteiger partial charge in [0.25, 0.3) is 0 Å². The predicted octanol–water partition coefficient (Wildman–Crippen LogP) is 1.20. The summed E-state index contributed by atoms with van der Waals surface area (Å²) in [4.78, 5) is 27.5. The monoisotopic (exact) mass is 330 g/mol. The second-order valence-corrected chi connectivity index (χ2v) is 6.26. The molecule has 2 amide bonds. The lowest BCUT2D eigenvalue weighted by molar-refractivity contribution is -0.146. The SMILES string of the molecule is CCN(CCN(C)C)C(=O)NC1(C(=O)O)CCCCC1.CNC. The zero-order valence-corrected chi connectivity index (χ0v) is 15.3. The number of carboxylic acids is 1. The van der Waals surface area contributed by atoms with E-state index in [0.717, 1.165) is 25.8 Å². The molecule has 0 saturated heterocycles. The maximum Gasteiger partial charge on any atom is 0.329 e. The van der Waals surface area contributed by atoms with Crippen LogP contribution in [0.1, 0.15) is 39.0 Å². The molecule has 0 aliphatic heterocycles. The Kier molecular flexibility index (Phi) is 10.6. The first-order chi connectivity index (χ1) is 10.8. The van der Waals surface area contributed by atoms with Crippen molar-refractivity contribution in [2.75, 3.05) is 47.8 Å². The fourth-order valence-electron chi connectivity index (χ4n) is 2.56. The molecular weight excluding hydrogens is 296 g/mol. The molecule has 1 saturated carbocycles. The Balaban J connectivity index is 0.00000149. The van der Waals surface area contributed by atoms with Gasteiger partial charge in [0.2, 0.25) is 0 Å². The van der Waals surface area contributed by atoms with Crippen LogP contribution in [-0.4, -0.2) is 80.3 Å². The van der Waals surface area contributed by atoms with Crippen molar-refractivity contribution >= 4 is 12.0 Å². The van der Waals surface area contributed by atoms with E-state index in [1.165, 1.54) is 0 Å². The van der Waals surface area contributed by atoms with Gasteiger partial charge >= 0.3 is 12.0 Å². The molecule has 3 N–H and O–H groups in total. The van der Waals surface area contributed by atoms with E-state index in [4.69, 9.17) is 0 Å². The zero-order chi connectivity index (χ0) is 17.9. The van der Waals surface area contributed by atoms with Gasteiger partial charge in [0.15, 0.2) is 0 Å². The molecule has 1 aliphatic carbocycles. The third-order valence-electron chi connectivity index (χ3n) is 3.95. The molecule has 0 spiro atoms. The minimum Gasteiger partial charge on any atom is -0.480 e. The van der Waals surface area contributed by atoms with Gasteiger partial charge in [-0.15, -0.1) is 0 Å². The normalized spacial score (nSPS) is 16.3. The van der Waals surface area contributed by atoms with Crippen LogP contribution in [0.25, 0.3) is 0 Å². The van der Waals surface area contributed by atoms with Crippen molar-refractivity contribution in [3.63, 3.8) is 0 Å². The van der Waals surface area contributed by atoms with Crippen LogP contribution in [0.5, 0.6) is 0 Å². The van der Waals surface area contributed by atoms with Crippen LogP contribution in [0.2, 0.25) is 0 Å². The third kappa shape index (κ3) is 7.65. The standard InChI is InChI=1S/C14H27N3O3.C2H7N/c1-4-17(11-10-16(2)3)13(20)15-14(12(18)19)8-6-5-7-9-14;1-3-2/h4-11H2,1-3H3,(H,15,20)(H,18,19);3H,1-2H3. The first-order valence-electron chi connectivity index (χ1n) is 8.36. The highest BCUT2D eigenvalue weighted by molar-refractivity contribution is 5.86. The van der Waals surface area contributed by atoms with Gasteiger partial charge in [0.1, 0.15) is 5.54 Å². The summed E-state index contributed by atoms with van der Waals surface area (Å²) in [5.41, 5.74) is -1.07. The third-order valence-corrected chi connectivity index (χ3v) is 3.95. The first kappa shape index (κ1) is 21.7. The largest absolute Gasteiger partial charge is 0.480 e. The number of carbonyl (C=O) groups is 2. The van der Waals surface area contributed by atoms with Gasteiger partial charge < -0.3 is 25.5 Å². The molecule has 7 nitrogen and oxygen atoms in total. The van der Waals surface area contributed by atoms with Crippen LogP contribution in [0.4, 0.5) is 4.79 Å². The Morgan fingerprint density at radius 2 is 1.61 bits per heavy atom. The van der Waals surface area contributed by atoms with Gasteiger partial charge in [-0.05, 0) is 48.0 Å². The van der Waals surface area contributed by atoms with Gasteiger partial charge in [-0.25, -0.2) is 9.59 Å². The smallest absolute Gasteiger partial charge is 0.329 e. The van der Waals surface area contributed by atoms with Crippen LogP contribution in [0.15, 0.2) is 0 Å². The molecule has 1 aliphatic rings. The number of carbonyl (C=O) groups excluding carboxylic acids is 1. The lowest BCUT2D eigenvalue weighted by Gasteiger charge is -2.36. The Bertz CT molecular complexity index is 355. The maximum absolute atomic E-state index is 12.3. The second-order valence-electron chi connectivity index (χ2n) is 6.26. The average Bonchev–Trinajstić information content (AvgIpc) is 2.49. The molecule has 0 aromatic carbocycles. The molecule has 1 rings (SSSR count). The number of aliphatic carboxylic acids is 1. The summed E-state index contributed by atoms with van der Waals surface area (Å²) >= 11 is 0. The second kappa shape index (κ2) is 11.2. The summed E-state index contributed by atoms with van der Waals surface area (Å²) in [6, 6.07) is -0.265. The molecule has 136 valence electrons. The summed E-state index contributed by atoms with van der Waals surface area (Å²) < 4.78 is 0. The van der Waals surface area contributed by atoms with Crippen molar-refractivity contribution < 1.29 is 14.7 Å². The highest BCUT2D eigenvalue weighted by atomic mass is 16.4. The van der Waals surface area contributed by atoms with Gasteiger partial charge in [-0.3, -0.25) is 0 Å². The van der Waals surface area contributed by atoms with E-state index in [1.807, 2.05) is 40.0 Å². The molecule has 0 radical (unpaired) electrons. The maximum atomic E-state index is 12.3. The Labute approximate surface area is 140 Å². The molecule has 0 heterocycles. The number of hydrogen-bond acceptors (Lipinski definition) is 4. The number of likely N-dealkylation sites (N-methyl/N-ethyl adjacent to an activating group) is 2. The fraction of sp³-hybridized carbons (Fsp3) is 0.875. The lowest BCUT2D eigenvalue weighted by Crippen LogP contribution is -2.59. The van der Waals surface area contributed by atoms with Crippen LogP contribution in [-0.2, 0) is 4.79 Å². The summed E-state index contributed by atoms with van der Waals surface area (Å²) in [6.07, 6.45) is 3.81. The van der Waals surface area contributed by atoms with Gasteiger partial charge in [0, 0.05) is 19.6 Å². The van der Waals surface area contributed by atoms with Crippen molar-refractivity contribution in [1.82, 2.24) is 20.4 Å². The van der Waals surface area contributed by atoms with Crippen LogP contribution >= 0.6 is 0 Å². The number of urea groups is 1. The summed E-state index contributed by atoms with van der Waals surface area (Å²) in [5, 5.41) is 15.0. The minimum atomic E-state index is -1.07. The van der Waals surface area contributed by atoms with Crippen LogP contribution in [0, 0.1) is 0 Å². The zero-order valence-electron chi connectivity index (χ0n) is 15.3. The Morgan fingerprint density at radius 1 is 1.09 bits per heavy atom. The lowest BCUT2D eigenvalue weighted by atomic mass is 9.82. The Morgan fingerprint density at radius 3 is 2.00 bits per heavy atom. The fourth-order valence-corrected chi connectivity index (χ4v) is 2.56. The highest BCUT2D eigenvalue weighted by Gasteiger charge is 2.41. The van der Waals surface area contributed by atoms with Crippen molar-refractivity contribution in [2.24, 2.45) is 0 Å². The Hall–Kier alpha value is -1.34. The molecule has 7 heteroatoms. The van der Waals surface area contributed by atoms with Crippen molar-refractivity contribution in [3.8, 4) is 0 Å². The number of hydrogen-bond donors (Lipinski definition) is 3. The van der Waals surface area contributed by atoms with E-state index >= 15 is 0 Å². The van der Waals surface area contributed by atoms with Gasteiger partial charge in [-0.1, -0.05) is 19.3 Å². The highest BCUT2D eigenvalue weighted by Crippen LogP contribution is 2.28. The molecule has 23 heavy (non-hydrogen) atoms. The molecule has 0 bridgehead atoms. The number of carboxylic acid groups (broad SMARTS) is 1. The topological polar surface area (TPSA) is 84.9 Å². The average molecular weight is 330 g/mol. The molecule has 0 aromatic heterocycles. The summed E-state index contributed by atoms with van der Waals surface area (Å²) in [7, 11) is 7.65. The van der Waals surface area contributed by atoms with Gasteiger partial charge in [0.05, 0.1) is 0 Å². The molecule has 0 unspecified atom stereocenters. The number of rotatable bonds is 6. The van der Waals surface area contributed by atoms with E-state index in [9.17, 15) is 14.7 Å². The molecule has 1 fully saturated rings. The van der Waals surface area contributed by atoms with Gasteiger partial charge in [-0.2, -0.15) is 0 Å². The minimum absolute atomic E-state index is 0.265.